The first-order valence-electron chi connectivity index (χ1n) is 12.9. The molecular weight excluding hydrogens is 494 g/mol. The van der Waals surface area contributed by atoms with Crippen LogP contribution in [0.25, 0.3) is 5.76 Å². The van der Waals surface area contributed by atoms with Crippen LogP contribution in [0.4, 0.5) is 5.69 Å². The third kappa shape index (κ3) is 5.02. The first kappa shape index (κ1) is 27.7. The number of carbonyl (C=O) groups excluding carboxylic acids is 2. The lowest BCUT2D eigenvalue weighted by Gasteiger charge is -2.28. The maximum Gasteiger partial charge on any atom is 0.300 e. The molecule has 1 atom stereocenters. The van der Waals surface area contributed by atoms with E-state index in [1.54, 1.807) is 18.2 Å². The highest BCUT2D eigenvalue weighted by Crippen LogP contribution is 2.44. The van der Waals surface area contributed by atoms with Gasteiger partial charge in [-0.3, -0.25) is 14.5 Å². The van der Waals surface area contributed by atoms with Crippen LogP contribution in [-0.2, 0) is 20.4 Å². The Morgan fingerprint density at radius 3 is 1.92 bits per heavy atom. The van der Waals surface area contributed by atoms with E-state index in [4.69, 9.17) is 11.6 Å². The van der Waals surface area contributed by atoms with Gasteiger partial charge in [-0.05, 0) is 76.8 Å². The second kappa shape index (κ2) is 9.74. The van der Waals surface area contributed by atoms with Crippen LogP contribution in [-0.4, -0.2) is 16.8 Å². The van der Waals surface area contributed by atoms with Crippen LogP contribution in [0.3, 0.4) is 0 Å². The number of Topliss-reactive ketones (excluding diaryl/α,β-unsaturated/α-hetero) is 1. The van der Waals surface area contributed by atoms with Crippen LogP contribution in [0.5, 0.6) is 0 Å². The lowest BCUT2D eigenvalue weighted by atomic mass is 9.84. The number of hydrogen-bond donors (Lipinski definition) is 1. The average Bonchev–Trinajstić information content (AvgIpc) is 3.08. The van der Waals surface area contributed by atoms with E-state index in [0.29, 0.717) is 16.3 Å². The van der Waals surface area contributed by atoms with Crippen LogP contribution < -0.4 is 4.90 Å². The fourth-order valence-electron chi connectivity index (χ4n) is 4.94. The summed E-state index contributed by atoms with van der Waals surface area (Å²) in [5.74, 6) is -1.54. The smallest absolute Gasteiger partial charge is 0.300 e. The van der Waals surface area contributed by atoms with Crippen LogP contribution in [0.1, 0.15) is 81.0 Å². The van der Waals surface area contributed by atoms with Crippen LogP contribution >= 0.6 is 11.6 Å². The molecule has 0 aromatic heterocycles. The zero-order valence-electron chi connectivity index (χ0n) is 23.4. The van der Waals surface area contributed by atoms with Crippen molar-refractivity contribution in [2.45, 2.75) is 72.3 Å². The van der Waals surface area contributed by atoms with Crippen molar-refractivity contribution in [3.8, 4) is 0 Å². The van der Waals surface area contributed by atoms with Gasteiger partial charge in [0.05, 0.1) is 11.6 Å². The Morgan fingerprint density at radius 2 is 1.37 bits per heavy atom. The number of ketones is 1. The number of halogens is 1. The molecule has 1 aliphatic heterocycles. The van der Waals surface area contributed by atoms with Gasteiger partial charge in [0.2, 0.25) is 0 Å². The van der Waals surface area contributed by atoms with Crippen molar-refractivity contribution in [3.05, 3.63) is 105 Å². The van der Waals surface area contributed by atoms with E-state index in [0.717, 1.165) is 27.8 Å². The van der Waals surface area contributed by atoms with Crippen molar-refractivity contribution in [1.29, 1.82) is 0 Å². The number of carbonyl (C=O) groups is 2. The maximum atomic E-state index is 13.6. The number of aryl methyl sites for hydroxylation is 2. The van der Waals surface area contributed by atoms with E-state index in [2.05, 4.69) is 41.5 Å². The lowest BCUT2D eigenvalue weighted by Crippen LogP contribution is -2.30. The zero-order valence-corrected chi connectivity index (χ0v) is 24.2. The average molecular weight is 530 g/mol. The molecule has 1 unspecified atom stereocenters. The van der Waals surface area contributed by atoms with Crippen molar-refractivity contribution in [3.63, 3.8) is 0 Å². The van der Waals surface area contributed by atoms with Crippen molar-refractivity contribution >= 4 is 34.7 Å². The summed E-state index contributed by atoms with van der Waals surface area (Å²) in [4.78, 5) is 28.8. The Hall–Kier alpha value is -3.37. The molecule has 1 saturated heterocycles. The molecule has 5 heteroatoms. The Kier molecular flexibility index (Phi) is 7.09. The summed E-state index contributed by atoms with van der Waals surface area (Å²) in [7, 11) is 0. The molecule has 1 fully saturated rings. The molecule has 1 heterocycles. The molecule has 3 aromatic rings. The summed E-state index contributed by atoms with van der Waals surface area (Å²) in [5, 5.41) is 12.3. The highest BCUT2D eigenvalue weighted by molar-refractivity contribution is 6.51. The number of aliphatic hydroxyl groups is 1. The number of anilines is 1. The number of amides is 1. The number of nitrogens with zero attached hydrogens (tertiary/aromatic N) is 1. The Labute approximate surface area is 231 Å². The van der Waals surface area contributed by atoms with Gasteiger partial charge in [0.1, 0.15) is 5.76 Å². The minimum atomic E-state index is -0.790. The van der Waals surface area contributed by atoms with E-state index >= 15 is 0 Å². The SMILES string of the molecule is Cc1ccc(C(C)(C)C)cc1/C(O)=C1\C(=O)C(=O)N(c2ccc(Cl)cc2C)C1c1ccc(C(C)(C)C)cc1. The summed E-state index contributed by atoms with van der Waals surface area (Å²) < 4.78 is 0. The van der Waals surface area contributed by atoms with Crippen molar-refractivity contribution < 1.29 is 14.7 Å². The summed E-state index contributed by atoms with van der Waals surface area (Å²) >= 11 is 6.21. The van der Waals surface area contributed by atoms with Crippen molar-refractivity contribution in [2.75, 3.05) is 4.90 Å². The van der Waals surface area contributed by atoms with Crippen molar-refractivity contribution in [1.82, 2.24) is 0 Å². The Morgan fingerprint density at radius 1 is 0.789 bits per heavy atom. The molecule has 0 radical (unpaired) electrons. The third-order valence-corrected chi connectivity index (χ3v) is 7.55. The number of hydrogen-bond acceptors (Lipinski definition) is 3. The molecule has 1 aliphatic rings. The van der Waals surface area contributed by atoms with Gasteiger partial charge in [0.25, 0.3) is 11.7 Å². The second-order valence-electron chi connectivity index (χ2n) is 12.3. The highest BCUT2D eigenvalue weighted by Gasteiger charge is 2.47. The fraction of sp³-hybridized carbons (Fsp3) is 0.333. The minimum Gasteiger partial charge on any atom is -0.507 e. The molecule has 0 aliphatic carbocycles. The molecule has 0 bridgehead atoms. The normalized spacial score (nSPS) is 17.8. The van der Waals surface area contributed by atoms with Gasteiger partial charge in [0.15, 0.2) is 0 Å². The number of aliphatic hydroxyl groups excluding tert-OH is 1. The van der Waals surface area contributed by atoms with Gasteiger partial charge < -0.3 is 5.11 Å². The molecule has 38 heavy (non-hydrogen) atoms. The molecule has 1 amide bonds. The molecule has 4 rings (SSSR count). The summed E-state index contributed by atoms with van der Waals surface area (Å²) in [6.45, 7) is 16.5. The Bertz CT molecular complexity index is 1450. The van der Waals surface area contributed by atoms with Crippen LogP contribution in [0, 0.1) is 13.8 Å². The van der Waals surface area contributed by atoms with Gasteiger partial charge in [-0.2, -0.15) is 0 Å². The molecule has 1 N–H and O–H groups in total. The van der Waals surface area contributed by atoms with Gasteiger partial charge in [-0.15, -0.1) is 0 Å². The van der Waals surface area contributed by atoms with Gasteiger partial charge in [0, 0.05) is 16.3 Å². The molecular formula is C33H36ClNO3. The predicted molar refractivity (Wildman–Crippen MR) is 156 cm³/mol. The topological polar surface area (TPSA) is 57.6 Å². The number of benzene rings is 3. The minimum absolute atomic E-state index is 0.0579. The molecule has 0 saturated carbocycles. The maximum absolute atomic E-state index is 13.6. The van der Waals surface area contributed by atoms with E-state index in [-0.39, 0.29) is 22.2 Å². The first-order chi connectivity index (χ1) is 17.6. The molecule has 4 nitrogen and oxygen atoms in total. The summed E-state index contributed by atoms with van der Waals surface area (Å²) in [5.41, 5.74) is 5.51. The zero-order chi connectivity index (χ0) is 28.2. The van der Waals surface area contributed by atoms with E-state index in [1.165, 1.54) is 4.90 Å². The standard InChI is InChI=1S/C33H36ClNO3/c1-19-9-12-23(33(6,7)8)18-25(19)29(36)27-28(21-10-13-22(14-11-21)32(3,4)5)35(31(38)30(27)37)26-16-15-24(34)17-20(26)2/h9-18,28,36H,1-8H3/b29-27+. The quantitative estimate of drug-likeness (QED) is 0.211. The lowest BCUT2D eigenvalue weighted by molar-refractivity contribution is -0.132. The first-order valence-corrected chi connectivity index (χ1v) is 13.3. The van der Waals surface area contributed by atoms with Crippen LogP contribution in [0.2, 0.25) is 5.02 Å². The molecule has 198 valence electrons. The summed E-state index contributed by atoms with van der Waals surface area (Å²) in [6, 6.07) is 18.3. The largest absolute Gasteiger partial charge is 0.507 e. The van der Waals surface area contributed by atoms with E-state index in [1.807, 2.05) is 56.3 Å². The number of rotatable bonds is 3. The van der Waals surface area contributed by atoms with E-state index < -0.39 is 17.7 Å². The van der Waals surface area contributed by atoms with Gasteiger partial charge in [-0.1, -0.05) is 89.5 Å². The molecule has 3 aromatic carbocycles. The summed E-state index contributed by atoms with van der Waals surface area (Å²) in [6.07, 6.45) is 0. The van der Waals surface area contributed by atoms with Gasteiger partial charge >= 0.3 is 0 Å². The fourth-order valence-corrected chi connectivity index (χ4v) is 5.17. The highest BCUT2D eigenvalue weighted by atomic mass is 35.5. The third-order valence-electron chi connectivity index (χ3n) is 7.31. The second-order valence-corrected chi connectivity index (χ2v) is 12.7. The van der Waals surface area contributed by atoms with Crippen LogP contribution in [0.15, 0.2) is 66.2 Å². The monoisotopic (exact) mass is 529 g/mol. The van der Waals surface area contributed by atoms with Gasteiger partial charge in [-0.25, -0.2) is 0 Å². The van der Waals surface area contributed by atoms with E-state index in [9.17, 15) is 14.7 Å². The molecule has 0 spiro atoms. The Balaban J connectivity index is 1.99. The van der Waals surface area contributed by atoms with Crippen molar-refractivity contribution in [2.24, 2.45) is 0 Å². The predicted octanol–water partition coefficient (Wildman–Crippen LogP) is 8.18.